The highest BCUT2D eigenvalue weighted by Crippen LogP contribution is 2.42. The summed E-state index contributed by atoms with van der Waals surface area (Å²) in [6.07, 6.45) is 2.05. The van der Waals surface area contributed by atoms with Crippen molar-refractivity contribution in [2.45, 2.75) is 67.7 Å². The SMILES string of the molecule is CCCC1CC(=O)N(C)C(C(C)(C)C)=C(C(C)(C)C)C1=O. The molecule has 1 atom stereocenters. The third kappa shape index (κ3) is 3.75. The minimum Gasteiger partial charge on any atom is -0.318 e. The molecule has 0 aromatic rings. The second-order valence-electron chi connectivity index (χ2n) is 8.23. The zero-order valence-corrected chi connectivity index (χ0v) is 15.0. The van der Waals surface area contributed by atoms with Crippen LogP contribution >= 0.6 is 0 Å². The van der Waals surface area contributed by atoms with E-state index < -0.39 is 0 Å². The predicted molar refractivity (Wildman–Crippen MR) is 86.7 cm³/mol. The van der Waals surface area contributed by atoms with E-state index in [0.29, 0.717) is 6.42 Å². The number of carbonyl (C=O) groups excluding carboxylic acids is 2. The Bertz CT molecular complexity index is 461. The summed E-state index contributed by atoms with van der Waals surface area (Å²) in [5.41, 5.74) is 1.24. The van der Waals surface area contributed by atoms with Crippen molar-refractivity contribution in [1.82, 2.24) is 4.90 Å². The van der Waals surface area contributed by atoms with Gasteiger partial charge in [0.25, 0.3) is 0 Å². The van der Waals surface area contributed by atoms with Crippen LogP contribution in [-0.4, -0.2) is 23.6 Å². The highest BCUT2D eigenvalue weighted by atomic mass is 16.2. The van der Waals surface area contributed by atoms with E-state index in [1.807, 2.05) is 7.05 Å². The van der Waals surface area contributed by atoms with Gasteiger partial charge in [0, 0.05) is 36.1 Å². The van der Waals surface area contributed by atoms with Crippen LogP contribution in [0, 0.1) is 16.7 Å². The van der Waals surface area contributed by atoms with Crippen LogP contribution < -0.4 is 0 Å². The largest absolute Gasteiger partial charge is 0.318 e. The lowest BCUT2D eigenvalue weighted by molar-refractivity contribution is -0.131. The van der Waals surface area contributed by atoms with E-state index in [1.54, 1.807) is 4.90 Å². The van der Waals surface area contributed by atoms with Gasteiger partial charge in [-0.25, -0.2) is 0 Å². The van der Waals surface area contributed by atoms with Gasteiger partial charge in [0.2, 0.25) is 5.91 Å². The summed E-state index contributed by atoms with van der Waals surface area (Å²) < 4.78 is 0. The number of hydrogen-bond acceptors (Lipinski definition) is 2. The Balaban J connectivity index is 3.60. The fraction of sp³-hybridized carbons (Fsp3) is 0.778. The highest BCUT2D eigenvalue weighted by Gasteiger charge is 2.41. The fourth-order valence-electron chi connectivity index (χ4n) is 3.24. The highest BCUT2D eigenvalue weighted by molar-refractivity contribution is 6.03. The molecular formula is C18H31NO2. The molecule has 3 heteroatoms. The molecule has 0 saturated carbocycles. The van der Waals surface area contributed by atoms with Gasteiger partial charge in [0.1, 0.15) is 0 Å². The molecule has 0 aromatic heterocycles. The van der Waals surface area contributed by atoms with Gasteiger partial charge in [-0.05, 0) is 11.8 Å². The molecule has 1 heterocycles. The van der Waals surface area contributed by atoms with Gasteiger partial charge in [-0.3, -0.25) is 9.59 Å². The van der Waals surface area contributed by atoms with Gasteiger partial charge >= 0.3 is 0 Å². The maximum atomic E-state index is 13.1. The molecule has 120 valence electrons. The topological polar surface area (TPSA) is 37.4 Å². The smallest absolute Gasteiger partial charge is 0.227 e. The molecule has 21 heavy (non-hydrogen) atoms. The van der Waals surface area contributed by atoms with E-state index in [1.165, 1.54) is 0 Å². The third-order valence-corrected chi connectivity index (χ3v) is 4.08. The average Bonchev–Trinajstić information content (AvgIpc) is 2.38. The number of hydrogen-bond donors (Lipinski definition) is 0. The summed E-state index contributed by atoms with van der Waals surface area (Å²) in [5.74, 6) is 0.0666. The summed E-state index contributed by atoms with van der Waals surface area (Å²) in [6, 6.07) is 0. The van der Waals surface area contributed by atoms with Crippen LogP contribution in [0.25, 0.3) is 0 Å². The van der Waals surface area contributed by atoms with E-state index >= 15 is 0 Å². The summed E-state index contributed by atoms with van der Waals surface area (Å²) in [7, 11) is 1.82. The first-order valence-corrected chi connectivity index (χ1v) is 7.97. The van der Waals surface area contributed by atoms with Crippen molar-refractivity contribution in [3.05, 3.63) is 11.3 Å². The monoisotopic (exact) mass is 293 g/mol. The van der Waals surface area contributed by atoms with E-state index in [0.717, 1.165) is 24.1 Å². The van der Waals surface area contributed by atoms with Crippen LogP contribution in [0.5, 0.6) is 0 Å². The normalized spacial score (nSPS) is 21.9. The molecule has 0 bridgehead atoms. The molecule has 0 saturated heterocycles. The van der Waals surface area contributed by atoms with Crippen molar-refractivity contribution in [2.24, 2.45) is 16.7 Å². The maximum absolute atomic E-state index is 13.1. The predicted octanol–water partition coefficient (Wildman–Crippen LogP) is 4.18. The van der Waals surface area contributed by atoms with Gasteiger partial charge in [-0.15, -0.1) is 0 Å². The number of Topliss-reactive ketones (excluding diaryl/α,β-unsaturated/α-hetero) is 1. The molecule has 1 aliphatic rings. The maximum Gasteiger partial charge on any atom is 0.227 e. The number of carbonyl (C=O) groups is 2. The molecule has 0 radical (unpaired) electrons. The van der Waals surface area contributed by atoms with Crippen LogP contribution in [-0.2, 0) is 9.59 Å². The van der Waals surface area contributed by atoms with E-state index in [4.69, 9.17) is 0 Å². The lowest BCUT2D eigenvalue weighted by Gasteiger charge is -2.36. The molecule has 0 aliphatic carbocycles. The van der Waals surface area contributed by atoms with Crippen molar-refractivity contribution in [1.29, 1.82) is 0 Å². The lowest BCUT2D eigenvalue weighted by atomic mass is 9.74. The van der Waals surface area contributed by atoms with Crippen LogP contribution in [0.3, 0.4) is 0 Å². The van der Waals surface area contributed by atoms with Crippen molar-refractivity contribution in [3.63, 3.8) is 0 Å². The first kappa shape index (κ1) is 17.9. The first-order chi connectivity index (χ1) is 9.41. The number of ketones is 1. The van der Waals surface area contributed by atoms with E-state index in [2.05, 4.69) is 48.5 Å². The summed E-state index contributed by atoms with van der Waals surface area (Å²) in [5, 5.41) is 0. The third-order valence-electron chi connectivity index (χ3n) is 4.08. The zero-order chi connectivity index (χ0) is 16.6. The van der Waals surface area contributed by atoms with Gasteiger partial charge < -0.3 is 4.90 Å². The minimum absolute atomic E-state index is 0.0611. The molecular weight excluding hydrogens is 262 g/mol. The molecule has 0 N–H and O–H groups in total. The van der Waals surface area contributed by atoms with Gasteiger partial charge in [-0.1, -0.05) is 54.9 Å². The first-order valence-electron chi connectivity index (χ1n) is 7.97. The Morgan fingerprint density at radius 3 is 1.95 bits per heavy atom. The van der Waals surface area contributed by atoms with Crippen molar-refractivity contribution < 1.29 is 9.59 Å². The van der Waals surface area contributed by atoms with E-state index in [-0.39, 0.29) is 28.4 Å². The number of nitrogens with zero attached hydrogens (tertiary/aromatic N) is 1. The summed E-state index contributed by atoms with van der Waals surface area (Å²) in [4.78, 5) is 27.3. The Morgan fingerprint density at radius 2 is 1.57 bits per heavy atom. The van der Waals surface area contributed by atoms with Gasteiger partial charge in [0.15, 0.2) is 5.78 Å². The van der Waals surface area contributed by atoms with Crippen LogP contribution in [0.15, 0.2) is 11.3 Å². The standard InChI is InChI=1S/C18H31NO2/c1-9-10-12-11-13(20)19(8)16(18(5,6)7)14(15(12)21)17(2,3)4/h12H,9-11H2,1-8H3. The molecule has 1 aliphatic heterocycles. The Morgan fingerprint density at radius 1 is 1.05 bits per heavy atom. The van der Waals surface area contributed by atoms with Crippen LogP contribution in [0.4, 0.5) is 0 Å². The van der Waals surface area contributed by atoms with Gasteiger partial charge in [-0.2, -0.15) is 0 Å². The molecule has 3 nitrogen and oxygen atoms in total. The van der Waals surface area contributed by atoms with Crippen molar-refractivity contribution >= 4 is 11.7 Å². The van der Waals surface area contributed by atoms with Crippen molar-refractivity contribution in [2.75, 3.05) is 7.05 Å². The zero-order valence-electron chi connectivity index (χ0n) is 15.0. The molecule has 0 spiro atoms. The number of amides is 1. The van der Waals surface area contributed by atoms with Crippen molar-refractivity contribution in [3.8, 4) is 0 Å². The lowest BCUT2D eigenvalue weighted by Crippen LogP contribution is -2.34. The summed E-state index contributed by atoms with van der Waals surface area (Å²) >= 11 is 0. The second kappa shape index (κ2) is 5.94. The number of rotatable bonds is 2. The molecule has 0 aromatic carbocycles. The quantitative estimate of drug-likeness (QED) is 0.766. The van der Waals surface area contributed by atoms with Crippen LogP contribution in [0.2, 0.25) is 0 Å². The Kier molecular flexibility index (Phi) is 5.07. The molecule has 1 unspecified atom stereocenters. The van der Waals surface area contributed by atoms with E-state index in [9.17, 15) is 9.59 Å². The number of allylic oxidation sites excluding steroid dienone is 2. The molecule has 1 amide bonds. The fourth-order valence-corrected chi connectivity index (χ4v) is 3.24. The minimum atomic E-state index is -0.259. The van der Waals surface area contributed by atoms with Gasteiger partial charge in [0.05, 0.1) is 0 Å². The Hall–Kier alpha value is -1.12. The second-order valence-corrected chi connectivity index (χ2v) is 8.23. The summed E-state index contributed by atoms with van der Waals surface area (Å²) in [6.45, 7) is 14.5. The molecule has 0 fully saturated rings. The molecule has 1 rings (SSSR count). The van der Waals surface area contributed by atoms with Crippen LogP contribution in [0.1, 0.15) is 67.7 Å². The Labute approximate surface area is 129 Å². The average molecular weight is 293 g/mol.